The van der Waals surface area contributed by atoms with E-state index >= 15 is 0 Å². The first kappa shape index (κ1) is 18.9. The second kappa shape index (κ2) is 7.79. The number of hydrogen-bond acceptors (Lipinski definition) is 4. The summed E-state index contributed by atoms with van der Waals surface area (Å²) in [5.74, 6) is -1.07. The van der Waals surface area contributed by atoms with Crippen molar-refractivity contribution in [1.29, 1.82) is 0 Å². The first-order chi connectivity index (χ1) is 12.8. The van der Waals surface area contributed by atoms with Gasteiger partial charge in [-0.25, -0.2) is 8.42 Å². The average Bonchev–Trinajstić information content (AvgIpc) is 3.00. The number of carbonyl (C=O) groups excluding carboxylic acids is 1. The van der Waals surface area contributed by atoms with Crippen LogP contribution in [-0.4, -0.2) is 37.7 Å². The van der Waals surface area contributed by atoms with Crippen molar-refractivity contribution in [3.63, 3.8) is 0 Å². The number of aryl methyl sites for hydroxylation is 1. The number of benzene rings is 2. The third-order valence-electron chi connectivity index (χ3n) is 4.33. The van der Waals surface area contributed by atoms with Crippen molar-refractivity contribution in [2.24, 2.45) is 0 Å². The molecule has 0 saturated carbocycles. The van der Waals surface area contributed by atoms with Gasteiger partial charge in [0, 0.05) is 24.2 Å². The Balaban J connectivity index is 1.69. The van der Waals surface area contributed by atoms with E-state index in [2.05, 4.69) is 5.32 Å². The molecule has 1 saturated heterocycles. The number of nitrogens with one attached hydrogen (secondary N) is 1. The fraction of sp³-hybridized carbons (Fsp3) is 0.263. The Hall–Kier alpha value is -2.87. The number of rotatable bonds is 6. The highest BCUT2D eigenvalue weighted by molar-refractivity contribution is 7.93. The SMILES string of the molecule is O=C(O)CCc1ccc(NC(=O)c2cccc(N3CCCS3(=O)=O)c2)cc1. The minimum Gasteiger partial charge on any atom is -0.481 e. The Morgan fingerprint density at radius 3 is 2.48 bits per heavy atom. The van der Waals surface area contributed by atoms with Crippen molar-refractivity contribution in [3.8, 4) is 0 Å². The first-order valence-electron chi connectivity index (χ1n) is 8.58. The van der Waals surface area contributed by atoms with E-state index in [0.717, 1.165) is 5.56 Å². The van der Waals surface area contributed by atoms with Crippen LogP contribution >= 0.6 is 0 Å². The number of carboxylic acid groups (broad SMARTS) is 1. The minimum absolute atomic E-state index is 0.0535. The summed E-state index contributed by atoms with van der Waals surface area (Å²) in [7, 11) is -3.30. The van der Waals surface area contributed by atoms with Gasteiger partial charge in [0.05, 0.1) is 11.4 Å². The highest BCUT2D eigenvalue weighted by Gasteiger charge is 2.28. The van der Waals surface area contributed by atoms with Crippen LogP contribution in [0.4, 0.5) is 11.4 Å². The Labute approximate surface area is 157 Å². The van der Waals surface area contributed by atoms with Crippen LogP contribution in [0.1, 0.15) is 28.8 Å². The number of carbonyl (C=O) groups is 2. The molecular weight excluding hydrogens is 368 g/mol. The lowest BCUT2D eigenvalue weighted by molar-refractivity contribution is -0.136. The maximum atomic E-state index is 12.5. The zero-order valence-electron chi connectivity index (χ0n) is 14.6. The highest BCUT2D eigenvalue weighted by atomic mass is 32.2. The minimum atomic E-state index is -3.30. The number of carboxylic acids is 1. The van der Waals surface area contributed by atoms with Gasteiger partial charge in [-0.1, -0.05) is 18.2 Å². The monoisotopic (exact) mass is 388 g/mol. The summed E-state index contributed by atoms with van der Waals surface area (Å²) in [6.45, 7) is 0.422. The average molecular weight is 388 g/mol. The molecular formula is C19H20N2O5S. The molecule has 1 heterocycles. The fourth-order valence-electron chi connectivity index (χ4n) is 2.94. The van der Waals surface area contributed by atoms with E-state index in [1.807, 2.05) is 0 Å². The second-order valence-electron chi connectivity index (χ2n) is 6.34. The Morgan fingerprint density at radius 2 is 1.85 bits per heavy atom. The molecule has 2 N–H and O–H groups in total. The van der Waals surface area contributed by atoms with Crippen LogP contribution in [0, 0.1) is 0 Å². The van der Waals surface area contributed by atoms with Gasteiger partial charge in [0.25, 0.3) is 5.91 Å². The molecule has 0 spiro atoms. The van der Waals surface area contributed by atoms with E-state index in [1.54, 1.807) is 48.5 Å². The van der Waals surface area contributed by atoms with Crippen molar-refractivity contribution in [1.82, 2.24) is 0 Å². The third kappa shape index (κ3) is 4.65. The number of sulfonamides is 1. The summed E-state index contributed by atoms with van der Waals surface area (Å²) in [4.78, 5) is 23.1. The van der Waals surface area contributed by atoms with Gasteiger partial charge in [-0.2, -0.15) is 0 Å². The lowest BCUT2D eigenvalue weighted by Crippen LogP contribution is -2.25. The summed E-state index contributed by atoms with van der Waals surface area (Å²) in [6.07, 6.45) is 1.06. The fourth-order valence-corrected chi connectivity index (χ4v) is 4.50. The van der Waals surface area contributed by atoms with Crippen LogP contribution in [0.15, 0.2) is 48.5 Å². The number of hydrogen-bond donors (Lipinski definition) is 2. The van der Waals surface area contributed by atoms with Crippen molar-refractivity contribution in [2.45, 2.75) is 19.3 Å². The zero-order chi connectivity index (χ0) is 19.4. The van der Waals surface area contributed by atoms with Crippen molar-refractivity contribution < 1.29 is 23.1 Å². The molecule has 0 aliphatic carbocycles. The maximum absolute atomic E-state index is 12.5. The number of nitrogens with zero attached hydrogens (tertiary/aromatic N) is 1. The molecule has 1 fully saturated rings. The van der Waals surface area contributed by atoms with E-state index in [4.69, 9.17) is 5.11 Å². The van der Waals surface area contributed by atoms with Crippen LogP contribution in [0.5, 0.6) is 0 Å². The van der Waals surface area contributed by atoms with Crippen molar-refractivity contribution in [2.75, 3.05) is 21.9 Å². The topological polar surface area (TPSA) is 104 Å². The van der Waals surface area contributed by atoms with Gasteiger partial charge >= 0.3 is 5.97 Å². The quantitative estimate of drug-likeness (QED) is 0.791. The van der Waals surface area contributed by atoms with Crippen LogP contribution in [-0.2, 0) is 21.2 Å². The molecule has 1 aliphatic heterocycles. The molecule has 0 radical (unpaired) electrons. The molecule has 3 rings (SSSR count). The van der Waals surface area contributed by atoms with E-state index in [0.29, 0.717) is 36.3 Å². The van der Waals surface area contributed by atoms with Gasteiger partial charge < -0.3 is 10.4 Å². The van der Waals surface area contributed by atoms with Gasteiger partial charge in [-0.05, 0) is 48.7 Å². The molecule has 0 unspecified atom stereocenters. The molecule has 8 heteroatoms. The second-order valence-corrected chi connectivity index (χ2v) is 8.35. The van der Waals surface area contributed by atoms with Crippen molar-refractivity contribution in [3.05, 3.63) is 59.7 Å². The van der Waals surface area contributed by atoms with Crippen LogP contribution in [0.3, 0.4) is 0 Å². The van der Waals surface area contributed by atoms with Crippen LogP contribution < -0.4 is 9.62 Å². The Kier molecular flexibility index (Phi) is 5.46. The first-order valence-corrected chi connectivity index (χ1v) is 10.2. The largest absolute Gasteiger partial charge is 0.481 e. The van der Waals surface area contributed by atoms with Crippen LogP contribution in [0.25, 0.3) is 0 Å². The smallest absolute Gasteiger partial charge is 0.303 e. The maximum Gasteiger partial charge on any atom is 0.303 e. The van der Waals surface area contributed by atoms with Crippen molar-refractivity contribution >= 4 is 33.3 Å². The van der Waals surface area contributed by atoms with E-state index in [9.17, 15) is 18.0 Å². The predicted octanol–water partition coefficient (Wildman–Crippen LogP) is 2.50. The normalized spacial score (nSPS) is 15.5. The Bertz CT molecular complexity index is 954. The lowest BCUT2D eigenvalue weighted by Gasteiger charge is -2.17. The van der Waals surface area contributed by atoms with Gasteiger partial charge in [0.2, 0.25) is 10.0 Å². The molecule has 0 aromatic heterocycles. The summed E-state index contributed by atoms with van der Waals surface area (Å²) in [6, 6.07) is 13.5. The van der Waals surface area contributed by atoms with Gasteiger partial charge in [-0.15, -0.1) is 0 Å². The van der Waals surface area contributed by atoms with E-state index in [1.165, 1.54) is 4.31 Å². The summed E-state index contributed by atoms with van der Waals surface area (Å²) in [5.41, 5.74) is 2.31. The summed E-state index contributed by atoms with van der Waals surface area (Å²) < 4.78 is 25.4. The standard InChI is InChI=1S/C19H20N2O5S/c22-18(23)10-7-14-5-8-16(9-6-14)20-19(24)15-3-1-4-17(13-15)21-11-2-12-27(21,25)26/h1,3-6,8-9,13H,2,7,10-12H2,(H,20,24)(H,22,23). The van der Waals surface area contributed by atoms with E-state index < -0.39 is 16.0 Å². The molecule has 1 aliphatic rings. The molecule has 2 aromatic rings. The number of aliphatic carboxylic acids is 1. The predicted molar refractivity (Wildman–Crippen MR) is 103 cm³/mol. The summed E-state index contributed by atoms with van der Waals surface area (Å²) >= 11 is 0. The van der Waals surface area contributed by atoms with Gasteiger partial charge in [0.15, 0.2) is 0 Å². The molecule has 2 aromatic carbocycles. The number of amides is 1. The van der Waals surface area contributed by atoms with Crippen LogP contribution in [0.2, 0.25) is 0 Å². The molecule has 142 valence electrons. The zero-order valence-corrected chi connectivity index (χ0v) is 15.4. The lowest BCUT2D eigenvalue weighted by atomic mass is 10.1. The molecule has 1 amide bonds. The Morgan fingerprint density at radius 1 is 1.11 bits per heavy atom. The highest BCUT2D eigenvalue weighted by Crippen LogP contribution is 2.25. The summed E-state index contributed by atoms with van der Waals surface area (Å²) in [5, 5.41) is 11.5. The number of anilines is 2. The molecule has 0 atom stereocenters. The molecule has 27 heavy (non-hydrogen) atoms. The van der Waals surface area contributed by atoms with E-state index in [-0.39, 0.29) is 18.1 Å². The van der Waals surface area contributed by atoms with Gasteiger partial charge in [-0.3, -0.25) is 13.9 Å². The molecule has 0 bridgehead atoms. The third-order valence-corrected chi connectivity index (χ3v) is 6.20. The van der Waals surface area contributed by atoms with Gasteiger partial charge in [0.1, 0.15) is 0 Å². The molecule has 7 nitrogen and oxygen atoms in total.